The van der Waals surface area contributed by atoms with Gasteiger partial charge >= 0.3 is 0 Å². The van der Waals surface area contributed by atoms with Crippen molar-refractivity contribution < 1.29 is 14.0 Å². The first-order valence-electron chi connectivity index (χ1n) is 7.55. The van der Waals surface area contributed by atoms with E-state index >= 15 is 0 Å². The molecule has 0 saturated heterocycles. The molecular formula is C19H15N3O3. The van der Waals surface area contributed by atoms with Crippen LogP contribution in [0, 0.1) is 0 Å². The van der Waals surface area contributed by atoms with Crippen molar-refractivity contribution in [3.8, 4) is 0 Å². The number of benzene rings is 1. The van der Waals surface area contributed by atoms with E-state index in [-0.39, 0.29) is 11.5 Å². The summed E-state index contributed by atoms with van der Waals surface area (Å²) in [7, 11) is 0. The number of nitrogens with one attached hydrogen (secondary N) is 2. The summed E-state index contributed by atoms with van der Waals surface area (Å²) in [4.78, 5) is 28.8. The third-order valence-corrected chi connectivity index (χ3v) is 3.26. The van der Waals surface area contributed by atoms with Crippen LogP contribution in [-0.4, -0.2) is 16.8 Å². The van der Waals surface area contributed by atoms with E-state index in [9.17, 15) is 9.59 Å². The van der Waals surface area contributed by atoms with Gasteiger partial charge in [-0.1, -0.05) is 24.3 Å². The molecule has 2 amide bonds. The molecule has 0 aliphatic heterocycles. The number of rotatable bonds is 5. The Morgan fingerprint density at radius 3 is 2.52 bits per heavy atom. The first-order chi connectivity index (χ1) is 12.2. The van der Waals surface area contributed by atoms with Gasteiger partial charge in [0.05, 0.1) is 6.26 Å². The summed E-state index contributed by atoms with van der Waals surface area (Å²) in [6.45, 7) is 0. The molecule has 6 heteroatoms. The van der Waals surface area contributed by atoms with Crippen LogP contribution in [0.25, 0.3) is 6.08 Å². The highest BCUT2D eigenvalue weighted by Gasteiger charge is 2.16. The van der Waals surface area contributed by atoms with Gasteiger partial charge in [0.15, 0.2) is 5.76 Å². The SMILES string of the molecule is O=C(Nc1ccccc1)/C(=C\c1cccnc1)NC(=O)c1ccco1. The van der Waals surface area contributed by atoms with Crippen molar-refractivity contribution in [2.24, 2.45) is 0 Å². The van der Waals surface area contributed by atoms with Gasteiger partial charge in [0.2, 0.25) is 0 Å². The second kappa shape index (κ2) is 7.74. The van der Waals surface area contributed by atoms with E-state index in [0.717, 1.165) is 0 Å². The quantitative estimate of drug-likeness (QED) is 0.703. The van der Waals surface area contributed by atoms with Crippen molar-refractivity contribution in [1.29, 1.82) is 0 Å². The number of carbonyl (C=O) groups excluding carboxylic acids is 2. The Labute approximate surface area is 144 Å². The number of furan rings is 1. The first-order valence-corrected chi connectivity index (χ1v) is 7.55. The standard InChI is InChI=1S/C19H15N3O3/c23-18(21-15-7-2-1-3-8-15)16(12-14-6-4-10-20-13-14)22-19(24)17-9-5-11-25-17/h1-13H,(H,21,23)(H,22,24)/b16-12+. The lowest BCUT2D eigenvalue weighted by molar-refractivity contribution is -0.113. The van der Waals surface area contributed by atoms with Crippen molar-refractivity contribution in [3.05, 3.63) is 90.3 Å². The Bertz CT molecular complexity index is 873. The molecule has 0 atom stereocenters. The Balaban J connectivity index is 1.84. The van der Waals surface area contributed by atoms with Crippen LogP contribution in [0.4, 0.5) is 5.69 Å². The van der Waals surface area contributed by atoms with Crippen LogP contribution < -0.4 is 10.6 Å². The van der Waals surface area contributed by atoms with Gasteiger partial charge in [-0.15, -0.1) is 0 Å². The highest BCUT2D eigenvalue weighted by molar-refractivity contribution is 6.10. The van der Waals surface area contributed by atoms with Crippen LogP contribution in [-0.2, 0) is 4.79 Å². The molecule has 1 aromatic carbocycles. The van der Waals surface area contributed by atoms with Crippen LogP contribution in [0.5, 0.6) is 0 Å². The monoisotopic (exact) mass is 333 g/mol. The number of aromatic nitrogens is 1. The van der Waals surface area contributed by atoms with Gasteiger partial charge in [-0.25, -0.2) is 0 Å². The first kappa shape index (κ1) is 16.2. The smallest absolute Gasteiger partial charge is 0.291 e. The summed E-state index contributed by atoms with van der Waals surface area (Å²) in [5.74, 6) is -0.845. The van der Waals surface area contributed by atoms with Crippen LogP contribution >= 0.6 is 0 Å². The number of hydrogen-bond acceptors (Lipinski definition) is 4. The molecule has 0 radical (unpaired) electrons. The maximum atomic E-state index is 12.6. The third-order valence-electron chi connectivity index (χ3n) is 3.26. The van der Waals surface area contributed by atoms with Crippen LogP contribution in [0.15, 0.2) is 83.4 Å². The van der Waals surface area contributed by atoms with Crippen LogP contribution in [0.1, 0.15) is 16.1 Å². The number of pyridine rings is 1. The number of hydrogen-bond donors (Lipinski definition) is 2. The largest absolute Gasteiger partial charge is 0.459 e. The Morgan fingerprint density at radius 2 is 1.84 bits per heavy atom. The van der Waals surface area contributed by atoms with Gasteiger partial charge in [0, 0.05) is 18.1 Å². The number of anilines is 1. The normalized spacial score (nSPS) is 11.0. The maximum Gasteiger partial charge on any atom is 0.291 e. The van der Waals surface area contributed by atoms with E-state index in [1.165, 1.54) is 12.3 Å². The van der Waals surface area contributed by atoms with E-state index in [1.807, 2.05) is 18.2 Å². The molecule has 0 fully saturated rings. The fourth-order valence-corrected chi connectivity index (χ4v) is 2.10. The van der Waals surface area contributed by atoms with Gasteiger partial charge in [0.25, 0.3) is 11.8 Å². The Kier molecular flexibility index (Phi) is 5.01. The predicted molar refractivity (Wildman–Crippen MR) is 93.5 cm³/mol. The lowest BCUT2D eigenvalue weighted by Gasteiger charge is -2.10. The van der Waals surface area contributed by atoms with Gasteiger partial charge in [-0.05, 0) is 42.0 Å². The van der Waals surface area contributed by atoms with Gasteiger partial charge < -0.3 is 15.1 Å². The van der Waals surface area contributed by atoms with E-state index in [4.69, 9.17) is 4.42 Å². The molecule has 0 aliphatic rings. The summed E-state index contributed by atoms with van der Waals surface area (Å²) in [6, 6.07) is 15.6. The van der Waals surface area contributed by atoms with Crippen molar-refractivity contribution in [2.45, 2.75) is 0 Å². The summed E-state index contributed by atoms with van der Waals surface area (Å²) < 4.78 is 5.06. The highest BCUT2D eigenvalue weighted by Crippen LogP contribution is 2.10. The summed E-state index contributed by atoms with van der Waals surface area (Å²) in [5, 5.41) is 5.32. The summed E-state index contributed by atoms with van der Waals surface area (Å²) >= 11 is 0. The molecule has 2 N–H and O–H groups in total. The minimum absolute atomic E-state index is 0.0817. The number of carbonyl (C=O) groups is 2. The predicted octanol–water partition coefficient (Wildman–Crippen LogP) is 3.08. The number of amides is 2. The fraction of sp³-hybridized carbons (Fsp3) is 0. The van der Waals surface area contributed by atoms with Crippen LogP contribution in [0.2, 0.25) is 0 Å². The van der Waals surface area contributed by atoms with E-state index < -0.39 is 11.8 Å². The number of para-hydroxylation sites is 1. The lowest BCUT2D eigenvalue weighted by atomic mass is 10.2. The Hall–Kier alpha value is -3.67. The molecule has 6 nitrogen and oxygen atoms in total. The minimum Gasteiger partial charge on any atom is -0.459 e. The molecule has 25 heavy (non-hydrogen) atoms. The molecule has 3 rings (SSSR count). The average molecular weight is 333 g/mol. The molecule has 0 unspecified atom stereocenters. The van der Waals surface area contributed by atoms with Gasteiger partial charge in [-0.3, -0.25) is 14.6 Å². The maximum absolute atomic E-state index is 12.6. The minimum atomic E-state index is -0.511. The zero-order valence-corrected chi connectivity index (χ0v) is 13.2. The molecule has 0 saturated carbocycles. The Morgan fingerprint density at radius 1 is 1.00 bits per heavy atom. The topological polar surface area (TPSA) is 84.2 Å². The summed E-state index contributed by atoms with van der Waals surface area (Å²) in [6.07, 6.45) is 6.16. The molecule has 0 bridgehead atoms. The van der Waals surface area contributed by atoms with Crippen molar-refractivity contribution in [1.82, 2.24) is 10.3 Å². The van der Waals surface area contributed by atoms with Crippen molar-refractivity contribution in [2.75, 3.05) is 5.32 Å². The molecular weight excluding hydrogens is 318 g/mol. The van der Waals surface area contributed by atoms with E-state index in [2.05, 4.69) is 15.6 Å². The molecule has 2 heterocycles. The van der Waals surface area contributed by atoms with Gasteiger partial charge in [0.1, 0.15) is 5.70 Å². The lowest BCUT2D eigenvalue weighted by Crippen LogP contribution is -2.30. The van der Waals surface area contributed by atoms with E-state index in [0.29, 0.717) is 11.3 Å². The number of nitrogens with zero attached hydrogens (tertiary/aromatic N) is 1. The van der Waals surface area contributed by atoms with E-state index in [1.54, 1.807) is 48.8 Å². The fourth-order valence-electron chi connectivity index (χ4n) is 2.10. The second-order valence-electron chi connectivity index (χ2n) is 5.10. The second-order valence-corrected chi connectivity index (χ2v) is 5.10. The highest BCUT2D eigenvalue weighted by atomic mass is 16.3. The molecule has 3 aromatic rings. The summed E-state index contributed by atoms with van der Waals surface area (Å²) in [5.41, 5.74) is 1.38. The average Bonchev–Trinajstić information content (AvgIpc) is 3.18. The van der Waals surface area contributed by atoms with Gasteiger partial charge in [-0.2, -0.15) is 0 Å². The van der Waals surface area contributed by atoms with Crippen molar-refractivity contribution >= 4 is 23.6 Å². The zero-order valence-electron chi connectivity index (χ0n) is 13.2. The van der Waals surface area contributed by atoms with Crippen molar-refractivity contribution in [3.63, 3.8) is 0 Å². The zero-order chi connectivity index (χ0) is 17.5. The molecule has 124 valence electrons. The molecule has 0 spiro atoms. The molecule has 2 aromatic heterocycles. The molecule has 0 aliphatic carbocycles. The third kappa shape index (κ3) is 4.42. The van der Waals surface area contributed by atoms with Crippen LogP contribution in [0.3, 0.4) is 0 Å².